The Labute approximate surface area is 178 Å². The van der Waals surface area contributed by atoms with Crippen molar-refractivity contribution >= 4 is 55.3 Å². The Kier molecular flexibility index (Phi) is 2.91. The highest BCUT2D eigenvalue weighted by Gasteiger charge is 2.36. The van der Waals surface area contributed by atoms with Gasteiger partial charge in [0, 0.05) is 26.6 Å². The van der Waals surface area contributed by atoms with E-state index in [1.165, 1.54) is 44.0 Å². The first-order valence-electron chi connectivity index (χ1n) is 10.2. The molecule has 0 fully saturated rings. The molecule has 0 unspecified atom stereocenters. The number of para-hydroxylation sites is 2. The quantitative estimate of drug-likeness (QED) is 0.249. The molecule has 144 valence electrons. The molecule has 2 aromatic heterocycles. The van der Waals surface area contributed by atoms with Crippen LogP contribution in [0.5, 0.6) is 0 Å². The number of halogens is 1. The number of aromatic nitrogens is 1. The van der Waals surface area contributed by atoms with Crippen molar-refractivity contribution in [3.8, 4) is 5.69 Å². The van der Waals surface area contributed by atoms with Crippen molar-refractivity contribution in [1.29, 1.82) is 0 Å². The molecule has 0 aliphatic carbocycles. The Bertz CT molecular complexity index is 1680. The van der Waals surface area contributed by atoms with E-state index in [1.54, 1.807) is 0 Å². The molecule has 0 radical (unpaired) electrons. The number of benzene rings is 4. The molecule has 2 nitrogen and oxygen atoms in total. The van der Waals surface area contributed by atoms with E-state index in [0.29, 0.717) is 0 Å². The maximum Gasteiger partial charge on any atom is 0.145 e. The lowest BCUT2D eigenvalue weighted by molar-refractivity contribution is 0.630. The second-order valence-corrected chi connectivity index (χ2v) is 9.20. The maximum atomic E-state index is 6.46. The van der Waals surface area contributed by atoms with Crippen LogP contribution >= 0.6 is 11.6 Å². The predicted molar refractivity (Wildman–Crippen MR) is 125 cm³/mol. The molecule has 1 aliphatic heterocycles. The van der Waals surface area contributed by atoms with Crippen LogP contribution < -0.4 is 0 Å². The average molecular weight is 408 g/mol. The monoisotopic (exact) mass is 407 g/mol. The van der Waals surface area contributed by atoms with Crippen LogP contribution in [-0.4, -0.2) is 4.57 Å². The molecule has 0 N–H and O–H groups in total. The van der Waals surface area contributed by atoms with Gasteiger partial charge in [-0.05, 0) is 47.5 Å². The van der Waals surface area contributed by atoms with E-state index in [0.717, 1.165) is 21.6 Å². The number of nitrogens with zero attached hydrogens (tertiary/aromatic N) is 1. The topological polar surface area (TPSA) is 18.1 Å². The predicted octanol–water partition coefficient (Wildman–Crippen LogP) is 7.98. The molecule has 0 amide bonds. The summed E-state index contributed by atoms with van der Waals surface area (Å²) < 4.78 is 8.84. The molecule has 0 bridgehead atoms. The minimum atomic E-state index is -0.185. The summed E-state index contributed by atoms with van der Waals surface area (Å²) >= 11 is 6.46. The Balaban J connectivity index is 1.85. The van der Waals surface area contributed by atoms with Gasteiger partial charge in [0.15, 0.2) is 0 Å². The molecule has 0 atom stereocenters. The van der Waals surface area contributed by atoms with Crippen molar-refractivity contribution in [3.63, 3.8) is 0 Å². The standard InChI is InChI=1S/C27H18ClNO/c1-27(2)19-13-15(28)11-12-22(19)29-21-9-5-3-8-17(21)24-25(29)20(27)14-18-16-7-4-6-10-23(16)30-26(18)24/h3-14H,1-2H3. The van der Waals surface area contributed by atoms with Crippen molar-refractivity contribution in [2.75, 3.05) is 0 Å². The van der Waals surface area contributed by atoms with Crippen LogP contribution in [-0.2, 0) is 5.41 Å². The van der Waals surface area contributed by atoms with Crippen LogP contribution in [0, 0.1) is 0 Å². The van der Waals surface area contributed by atoms with E-state index in [1.807, 2.05) is 12.1 Å². The molecule has 0 saturated heterocycles. The van der Waals surface area contributed by atoms with Crippen LogP contribution in [0.25, 0.3) is 49.4 Å². The summed E-state index contributed by atoms with van der Waals surface area (Å²) in [7, 11) is 0. The fourth-order valence-corrected chi connectivity index (χ4v) is 5.58. The van der Waals surface area contributed by atoms with Crippen LogP contribution in [0.15, 0.2) is 77.2 Å². The van der Waals surface area contributed by atoms with Crippen molar-refractivity contribution < 1.29 is 4.42 Å². The number of hydrogen-bond acceptors (Lipinski definition) is 1. The van der Waals surface area contributed by atoms with E-state index in [-0.39, 0.29) is 5.41 Å². The molecule has 30 heavy (non-hydrogen) atoms. The summed E-state index contributed by atoms with van der Waals surface area (Å²) in [6, 6.07) is 25.5. The van der Waals surface area contributed by atoms with Gasteiger partial charge < -0.3 is 8.98 Å². The first kappa shape index (κ1) is 16.6. The van der Waals surface area contributed by atoms with E-state index >= 15 is 0 Å². The highest BCUT2D eigenvalue weighted by Crippen LogP contribution is 2.51. The molecule has 7 rings (SSSR count). The maximum absolute atomic E-state index is 6.46. The SMILES string of the molecule is CC1(C)c2cc(Cl)ccc2-n2c3ccccc3c3c4oc5ccccc5c4cc1c32. The number of fused-ring (bicyclic) bond motifs is 9. The highest BCUT2D eigenvalue weighted by atomic mass is 35.5. The molecule has 3 heterocycles. The van der Waals surface area contributed by atoms with E-state index in [9.17, 15) is 0 Å². The van der Waals surface area contributed by atoms with Gasteiger partial charge >= 0.3 is 0 Å². The Morgan fingerprint density at radius 3 is 2.43 bits per heavy atom. The third kappa shape index (κ3) is 1.82. The first-order valence-corrected chi connectivity index (χ1v) is 10.6. The van der Waals surface area contributed by atoms with Crippen LogP contribution in [0.2, 0.25) is 5.02 Å². The fourth-order valence-electron chi connectivity index (χ4n) is 5.41. The molecular formula is C27H18ClNO. The van der Waals surface area contributed by atoms with Crippen molar-refractivity contribution in [2.24, 2.45) is 0 Å². The van der Waals surface area contributed by atoms with Crippen LogP contribution in [0.1, 0.15) is 25.0 Å². The lowest BCUT2D eigenvalue weighted by Gasteiger charge is -2.34. The largest absolute Gasteiger partial charge is 0.455 e. The highest BCUT2D eigenvalue weighted by molar-refractivity contribution is 6.31. The van der Waals surface area contributed by atoms with Gasteiger partial charge in [-0.15, -0.1) is 0 Å². The minimum absolute atomic E-state index is 0.185. The third-order valence-corrected chi connectivity index (χ3v) is 7.06. The normalized spacial score (nSPS) is 14.8. The van der Waals surface area contributed by atoms with Gasteiger partial charge in [0.1, 0.15) is 11.2 Å². The summed E-state index contributed by atoms with van der Waals surface area (Å²) in [5.41, 5.74) is 7.90. The van der Waals surface area contributed by atoms with Gasteiger partial charge in [0.05, 0.1) is 22.1 Å². The van der Waals surface area contributed by atoms with Gasteiger partial charge in [0.2, 0.25) is 0 Å². The molecule has 4 aromatic carbocycles. The smallest absolute Gasteiger partial charge is 0.145 e. The third-order valence-electron chi connectivity index (χ3n) is 6.83. The van der Waals surface area contributed by atoms with Gasteiger partial charge in [-0.1, -0.05) is 61.8 Å². The van der Waals surface area contributed by atoms with E-state index < -0.39 is 0 Å². The zero-order valence-electron chi connectivity index (χ0n) is 16.7. The summed E-state index contributed by atoms with van der Waals surface area (Å²) in [5, 5.41) is 5.53. The number of rotatable bonds is 0. The number of furan rings is 1. The van der Waals surface area contributed by atoms with Crippen molar-refractivity contribution in [3.05, 3.63) is 88.9 Å². The first-order chi connectivity index (χ1) is 14.6. The minimum Gasteiger partial charge on any atom is -0.455 e. The zero-order chi connectivity index (χ0) is 20.2. The van der Waals surface area contributed by atoms with Crippen molar-refractivity contribution in [2.45, 2.75) is 19.3 Å². The molecule has 0 saturated carbocycles. The van der Waals surface area contributed by atoms with Gasteiger partial charge in [-0.2, -0.15) is 0 Å². The summed E-state index contributed by atoms with van der Waals surface area (Å²) in [6.45, 7) is 4.60. The molecule has 6 aromatic rings. The van der Waals surface area contributed by atoms with Gasteiger partial charge in [-0.25, -0.2) is 0 Å². The number of hydrogen-bond donors (Lipinski definition) is 0. The summed E-state index contributed by atoms with van der Waals surface area (Å²) in [4.78, 5) is 0. The molecule has 0 spiro atoms. The fraction of sp³-hybridized carbons (Fsp3) is 0.111. The molecule has 3 heteroatoms. The Morgan fingerprint density at radius 1 is 0.800 bits per heavy atom. The Hall–Kier alpha value is -3.23. The van der Waals surface area contributed by atoms with Gasteiger partial charge in [0.25, 0.3) is 0 Å². The summed E-state index contributed by atoms with van der Waals surface area (Å²) in [6.07, 6.45) is 0. The van der Waals surface area contributed by atoms with Gasteiger partial charge in [-0.3, -0.25) is 0 Å². The molecule has 1 aliphatic rings. The molecular weight excluding hydrogens is 390 g/mol. The Morgan fingerprint density at radius 2 is 1.57 bits per heavy atom. The second kappa shape index (κ2) is 5.27. The lowest BCUT2D eigenvalue weighted by atomic mass is 9.74. The van der Waals surface area contributed by atoms with E-state index in [2.05, 4.69) is 79.1 Å². The van der Waals surface area contributed by atoms with E-state index in [4.69, 9.17) is 16.0 Å². The second-order valence-electron chi connectivity index (χ2n) is 8.76. The lowest BCUT2D eigenvalue weighted by Crippen LogP contribution is -2.26. The van der Waals surface area contributed by atoms with Crippen molar-refractivity contribution in [1.82, 2.24) is 4.57 Å². The summed E-state index contributed by atoms with van der Waals surface area (Å²) in [5.74, 6) is 0. The van der Waals surface area contributed by atoms with Crippen LogP contribution in [0.4, 0.5) is 0 Å². The zero-order valence-corrected chi connectivity index (χ0v) is 17.4. The average Bonchev–Trinajstić information content (AvgIpc) is 3.28. The van der Waals surface area contributed by atoms with Crippen LogP contribution in [0.3, 0.4) is 0 Å².